The van der Waals surface area contributed by atoms with Crippen molar-refractivity contribution in [2.24, 2.45) is 5.89 Å². The summed E-state index contributed by atoms with van der Waals surface area (Å²) in [5.41, 5.74) is 0.0376. The molecule has 0 saturated carbocycles. The van der Waals surface area contributed by atoms with Gasteiger partial charge in [0.1, 0.15) is 19.1 Å². The van der Waals surface area contributed by atoms with E-state index >= 15 is 0 Å². The van der Waals surface area contributed by atoms with Gasteiger partial charge in [-0.25, -0.2) is 16.5 Å². The number of hydrogen-bond acceptors (Lipinski definition) is 4. The quantitative estimate of drug-likeness (QED) is 0.870. The maximum atomic E-state index is 12.8. The Morgan fingerprint density at radius 3 is 3.43 bits per heavy atom. The molecule has 1 saturated heterocycles. The van der Waals surface area contributed by atoms with Gasteiger partial charge in [-0.2, -0.15) is 0 Å². The molecule has 2 atom stereocenters. The predicted octanol–water partition coefficient (Wildman–Crippen LogP) is 1.55. The lowest BCUT2D eigenvalue weighted by Crippen LogP contribution is -2.53. The van der Waals surface area contributed by atoms with E-state index in [1.165, 1.54) is 12.3 Å². The second kappa shape index (κ2) is 6.24. The summed E-state index contributed by atoms with van der Waals surface area (Å²) in [7, 11) is 0.933. The number of amides is 1. The van der Waals surface area contributed by atoms with Crippen molar-refractivity contribution in [2.45, 2.75) is 19.2 Å². The predicted molar refractivity (Wildman–Crippen MR) is 87.9 cm³/mol. The number of aromatic amines is 1. The van der Waals surface area contributed by atoms with Crippen LogP contribution in [0.1, 0.15) is 29.7 Å². The SMILES string of the molecule is [2H]c1nc(N(C)[C@@]2([2H])C([2H])([2H])N(C(=O)C[N+]#[C-])C([2H])([2H])C([2H])([2H])[C@@]2([2H])C([2H])([2H])[2H])c2cc[nH]c2n1. The minimum atomic E-state index is -3.89. The number of nitrogens with zero attached hydrogens (tertiary/aromatic N) is 5. The first-order valence-electron chi connectivity index (χ1n) is 12.5. The van der Waals surface area contributed by atoms with Crippen molar-refractivity contribution in [3.63, 3.8) is 0 Å². The summed E-state index contributed by atoms with van der Waals surface area (Å²) in [6.07, 6.45) is -3.16. The number of fused-ring (bicyclic) bond motifs is 1. The molecule has 1 fully saturated rings. The molecule has 1 amide bonds. The van der Waals surface area contributed by atoms with Gasteiger partial charge >= 0.3 is 5.91 Å². The Labute approximate surface area is 152 Å². The average molecular weight is 324 g/mol. The molecule has 0 unspecified atom stereocenters. The number of hydrogen-bond donors (Lipinski definition) is 1. The van der Waals surface area contributed by atoms with E-state index < -0.39 is 62.7 Å². The number of carbonyl (C=O) groups excluding carboxylic acids is 1. The normalized spacial score (nSPS) is 42.3. The lowest BCUT2D eigenvalue weighted by molar-refractivity contribution is -0.130. The molecular formula is C16H20N6O. The van der Waals surface area contributed by atoms with Gasteiger partial charge in [-0.05, 0) is 18.3 Å². The highest BCUT2D eigenvalue weighted by Crippen LogP contribution is 2.28. The average Bonchev–Trinajstić information content (AvgIpc) is 3.17. The zero-order valence-corrected chi connectivity index (χ0v) is 12.0. The van der Waals surface area contributed by atoms with Crippen molar-refractivity contribution in [1.29, 1.82) is 0 Å². The zero-order valence-electron chi connectivity index (χ0n) is 24.0. The number of carbonyl (C=O) groups is 1. The molecule has 0 aliphatic carbocycles. The van der Waals surface area contributed by atoms with Gasteiger partial charge in [-0.3, -0.25) is 4.79 Å². The van der Waals surface area contributed by atoms with E-state index in [1.54, 1.807) is 0 Å². The van der Waals surface area contributed by atoms with Crippen LogP contribution in [0.2, 0.25) is 0 Å². The van der Waals surface area contributed by atoms with Crippen molar-refractivity contribution in [1.82, 2.24) is 19.9 Å². The summed E-state index contributed by atoms with van der Waals surface area (Å²) in [6, 6.07) is -2.25. The molecule has 0 radical (unpaired) electrons. The van der Waals surface area contributed by atoms with Crippen molar-refractivity contribution in [3.8, 4) is 0 Å². The number of nitrogens with one attached hydrogen (secondary N) is 1. The number of rotatable bonds is 3. The van der Waals surface area contributed by atoms with Crippen LogP contribution in [0.3, 0.4) is 0 Å². The number of piperidine rings is 1. The van der Waals surface area contributed by atoms with E-state index in [1.807, 2.05) is 0 Å². The second-order valence-corrected chi connectivity index (χ2v) is 4.56. The molecule has 0 aromatic carbocycles. The van der Waals surface area contributed by atoms with E-state index in [0.29, 0.717) is 4.90 Å². The summed E-state index contributed by atoms with van der Waals surface area (Å²) in [5, 5.41) is 0.0620. The van der Waals surface area contributed by atoms with Crippen LogP contribution < -0.4 is 4.90 Å². The van der Waals surface area contributed by atoms with Crippen LogP contribution >= 0.6 is 0 Å². The zero-order chi connectivity index (χ0) is 27.0. The molecule has 0 spiro atoms. The van der Waals surface area contributed by atoms with E-state index in [9.17, 15) is 4.79 Å². The van der Waals surface area contributed by atoms with E-state index in [2.05, 4.69) is 19.8 Å². The number of likely N-dealkylation sites (tertiary alicyclic amines) is 1. The van der Waals surface area contributed by atoms with Gasteiger partial charge in [0, 0.05) is 37.2 Å². The number of anilines is 1. The molecule has 3 heterocycles. The van der Waals surface area contributed by atoms with Crippen molar-refractivity contribution < 1.29 is 21.2 Å². The van der Waals surface area contributed by atoms with Crippen molar-refractivity contribution >= 4 is 22.8 Å². The van der Waals surface area contributed by atoms with Crippen LogP contribution in [-0.2, 0) is 4.79 Å². The van der Waals surface area contributed by atoms with Gasteiger partial charge < -0.3 is 19.6 Å². The highest BCUT2D eigenvalue weighted by atomic mass is 16.2. The molecule has 1 aliphatic rings. The highest BCUT2D eigenvalue weighted by Gasteiger charge is 2.33. The Hall–Kier alpha value is -2.62. The third-order valence-corrected chi connectivity index (χ3v) is 3.15. The number of likely N-dealkylation sites (N-methyl/N-ethyl adjacent to an activating group) is 1. The Balaban J connectivity index is 2.49. The molecule has 7 nitrogen and oxygen atoms in total. The lowest BCUT2D eigenvalue weighted by atomic mass is 9.92. The molecule has 120 valence electrons. The summed E-state index contributed by atoms with van der Waals surface area (Å²) in [5.74, 6) is -5.87. The Morgan fingerprint density at radius 1 is 1.78 bits per heavy atom. The minimum absolute atomic E-state index is 0.0376. The van der Waals surface area contributed by atoms with Crippen molar-refractivity contribution in [2.75, 3.05) is 31.5 Å². The minimum Gasteiger partial charge on any atom is -0.354 e. The van der Waals surface area contributed by atoms with Crippen LogP contribution in [0, 0.1) is 12.5 Å². The maximum absolute atomic E-state index is 12.8. The third kappa shape index (κ3) is 2.84. The second-order valence-electron chi connectivity index (χ2n) is 4.56. The molecule has 7 heteroatoms. The Bertz CT molecular complexity index is 1220. The number of aromatic nitrogens is 3. The standard InChI is InChI=1S/C16H20N6O/c1-11-5-7-22(14(23)8-17-2)9-13(11)21(3)16-12-4-6-18-15(12)19-10-20-16/h4,6,10-11,13H,5,7-9H2,1,3H3,(H,18,19,20)/t11-,13+/m1/s1/i1D3,5D2,7D2,9D2,10D,11D,13D. The van der Waals surface area contributed by atoms with Crippen molar-refractivity contribution in [3.05, 3.63) is 30.0 Å². The molecule has 23 heavy (non-hydrogen) atoms. The van der Waals surface area contributed by atoms with Gasteiger partial charge in [0.25, 0.3) is 6.54 Å². The van der Waals surface area contributed by atoms with Gasteiger partial charge in [-0.1, -0.05) is 6.85 Å². The Kier molecular flexibility index (Phi) is 1.76. The fourth-order valence-electron chi connectivity index (χ4n) is 2.04. The van der Waals surface area contributed by atoms with Crippen LogP contribution in [0.25, 0.3) is 15.9 Å². The molecule has 3 rings (SSSR count). The van der Waals surface area contributed by atoms with Gasteiger partial charge in [0.05, 0.1) is 15.5 Å². The van der Waals surface area contributed by atoms with E-state index in [4.69, 9.17) is 23.0 Å². The topological polar surface area (TPSA) is 69.5 Å². The van der Waals surface area contributed by atoms with E-state index in [0.717, 1.165) is 7.05 Å². The van der Waals surface area contributed by atoms with Crippen LogP contribution in [0.15, 0.2) is 18.6 Å². The first-order valence-corrected chi connectivity index (χ1v) is 6.47. The van der Waals surface area contributed by atoms with Crippen LogP contribution in [0.5, 0.6) is 0 Å². The fraction of sp³-hybridized carbons (Fsp3) is 0.500. The summed E-state index contributed by atoms with van der Waals surface area (Å²) < 4.78 is 101. The summed E-state index contributed by atoms with van der Waals surface area (Å²) in [4.78, 5) is 26.1. The molecular weight excluding hydrogens is 292 g/mol. The van der Waals surface area contributed by atoms with Crippen LogP contribution in [0.4, 0.5) is 5.82 Å². The summed E-state index contributed by atoms with van der Waals surface area (Å²) in [6.45, 7) is -5.52. The molecule has 2 aromatic heterocycles. The third-order valence-electron chi connectivity index (χ3n) is 3.15. The monoisotopic (exact) mass is 324 g/mol. The summed E-state index contributed by atoms with van der Waals surface area (Å²) >= 11 is 0. The molecule has 0 bridgehead atoms. The number of H-pyrrole nitrogens is 1. The highest BCUT2D eigenvalue weighted by molar-refractivity contribution is 5.87. The Morgan fingerprint density at radius 2 is 2.65 bits per heavy atom. The van der Waals surface area contributed by atoms with E-state index in [-0.39, 0.29) is 15.9 Å². The maximum Gasteiger partial charge on any atom is 0.302 e. The largest absolute Gasteiger partial charge is 0.354 e. The van der Waals surface area contributed by atoms with Crippen LogP contribution in [-0.4, -0.2) is 58.4 Å². The smallest absolute Gasteiger partial charge is 0.302 e. The molecule has 2 aromatic rings. The van der Waals surface area contributed by atoms with Gasteiger partial charge in [0.15, 0.2) is 0 Å². The van der Waals surface area contributed by atoms with Gasteiger partial charge in [-0.15, -0.1) is 0 Å². The molecule has 1 N–H and O–H groups in total. The first-order chi connectivity index (χ1) is 15.7. The first kappa shape index (κ1) is 6.48. The fourth-order valence-corrected chi connectivity index (χ4v) is 2.04. The molecule has 1 aliphatic heterocycles. The lowest BCUT2D eigenvalue weighted by Gasteiger charge is -2.41. The van der Waals surface area contributed by atoms with Gasteiger partial charge in [0.2, 0.25) is 0 Å².